The summed E-state index contributed by atoms with van der Waals surface area (Å²) in [6.07, 6.45) is -4.39. The van der Waals surface area contributed by atoms with Crippen molar-refractivity contribution >= 4 is 0 Å². The summed E-state index contributed by atoms with van der Waals surface area (Å²) in [5, 5.41) is 0. The van der Waals surface area contributed by atoms with Crippen molar-refractivity contribution in [3.05, 3.63) is 23.0 Å². The molecule has 0 aromatic carbocycles. The first-order valence-corrected chi connectivity index (χ1v) is 3.80. The summed E-state index contributed by atoms with van der Waals surface area (Å²) in [6, 6.07) is -0.276. The van der Waals surface area contributed by atoms with Gasteiger partial charge in [0.1, 0.15) is 6.04 Å². The lowest BCUT2D eigenvalue weighted by molar-refractivity contribution is -0.150. The Morgan fingerprint density at radius 3 is 2.23 bits per heavy atom. The maximum Gasteiger partial charge on any atom is 0.409 e. The van der Waals surface area contributed by atoms with Crippen LogP contribution in [0.3, 0.4) is 0 Å². The standard InChI is InChI=1S/C8H11F3N2/c1-4-3-5(2)13-6(4)7(12)8(9,10)11/h3,7,13H,12H2,1-2H3/t7-/m0/s1. The molecule has 1 aromatic rings. The van der Waals surface area contributed by atoms with Gasteiger partial charge in [-0.05, 0) is 25.5 Å². The van der Waals surface area contributed by atoms with E-state index in [-0.39, 0.29) is 5.69 Å². The Kier molecular flexibility index (Phi) is 2.38. The average Bonchev–Trinajstić information content (AvgIpc) is 2.26. The first-order chi connectivity index (χ1) is 5.82. The van der Waals surface area contributed by atoms with Crippen LogP contribution in [0.15, 0.2) is 6.07 Å². The number of aryl methyl sites for hydroxylation is 2. The fraction of sp³-hybridized carbons (Fsp3) is 0.500. The fourth-order valence-electron chi connectivity index (χ4n) is 1.24. The molecular formula is C8H11F3N2. The molecule has 13 heavy (non-hydrogen) atoms. The second-order valence-corrected chi connectivity index (χ2v) is 3.07. The van der Waals surface area contributed by atoms with Crippen LogP contribution in [0.5, 0.6) is 0 Å². The van der Waals surface area contributed by atoms with Crippen LogP contribution in [-0.2, 0) is 0 Å². The van der Waals surface area contributed by atoms with Crippen molar-refractivity contribution in [3.63, 3.8) is 0 Å². The van der Waals surface area contributed by atoms with Gasteiger partial charge in [-0.3, -0.25) is 0 Å². The molecule has 0 bridgehead atoms. The van der Waals surface area contributed by atoms with Gasteiger partial charge in [-0.2, -0.15) is 13.2 Å². The number of aromatic amines is 1. The minimum atomic E-state index is -4.39. The Labute approximate surface area is 73.9 Å². The highest BCUT2D eigenvalue weighted by Gasteiger charge is 2.39. The highest BCUT2D eigenvalue weighted by atomic mass is 19.4. The van der Waals surface area contributed by atoms with Crippen LogP contribution >= 0.6 is 0 Å². The minimum absolute atomic E-state index is 0.0463. The third-order valence-electron chi connectivity index (χ3n) is 1.85. The number of alkyl halides is 3. The first-order valence-electron chi connectivity index (χ1n) is 3.80. The summed E-state index contributed by atoms with van der Waals surface area (Å²) >= 11 is 0. The number of nitrogens with two attached hydrogens (primary N) is 1. The lowest BCUT2D eigenvalue weighted by Gasteiger charge is -2.15. The van der Waals surface area contributed by atoms with E-state index in [1.165, 1.54) is 0 Å². The zero-order valence-corrected chi connectivity index (χ0v) is 7.37. The maximum atomic E-state index is 12.2. The van der Waals surface area contributed by atoms with E-state index >= 15 is 0 Å². The molecule has 0 aliphatic carbocycles. The predicted octanol–water partition coefficient (Wildman–Crippen LogP) is 2.19. The molecule has 5 heteroatoms. The van der Waals surface area contributed by atoms with Crippen molar-refractivity contribution in [1.29, 1.82) is 0 Å². The Hall–Kier alpha value is -0.970. The van der Waals surface area contributed by atoms with Gasteiger partial charge in [0, 0.05) is 11.4 Å². The van der Waals surface area contributed by atoms with Gasteiger partial charge < -0.3 is 10.7 Å². The molecule has 0 aliphatic heterocycles. The third-order valence-corrected chi connectivity index (χ3v) is 1.85. The van der Waals surface area contributed by atoms with Crippen LogP contribution in [0.1, 0.15) is 23.0 Å². The second-order valence-electron chi connectivity index (χ2n) is 3.07. The minimum Gasteiger partial charge on any atom is -0.361 e. The highest BCUT2D eigenvalue weighted by Crippen LogP contribution is 2.31. The van der Waals surface area contributed by atoms with E-state index < -0.39 is 12.2 Å². The third kappa shape index (κ3) is 2.03. The largest absolute Gasteiger partial charge is 0.409 e. The number of nitrogens with one attached hydrogen (secondary N) is 1. The van der Waals surface area contributed by atoms with Gasteiger partial charge in [0.05, 0.1) is 0 Å². The van der Waals surface area contributed by atoms with E-state index in [4.69, 9.17) is 5.73 Å². The summed E-state index contributed by atoms with van der Waals surface area (Å²) < 4.78 is 36.5. The molecule has 1 rings (SSSR count). The van der Waals surface area contributed by atoms with Gasteiger partial charge in [-0.25, -0.2) is 0 Å². The molecule has 0 saturated heterocycles. The SMILES string of the molecule is Cc1cc(C)c([C@H](N)C(F)(F)F)[nH]1. The number of aromatic nitrogens is 1. The van der Waals surface area contributed by atoms with E-state index in [1.54, 1.807) is 19.9 Å². The molecule has 0 fully saturated rings. The predicted molar refractivity (Wildman–Crippen MR) is 43.3 cm³/mol. The lowest BCUT2D eigenvalue weighted by atomic mass is 10.1. The second kappa shape index (κ2) is 3.06. The normalized spacial score (nSPS) is 14.6. The number of rotatable bonds is 1. The summed E-state index contributed by atoms with van der Waals surface area (Å²) in [7, 11) is 0. The monoisotopic (exact) mass is 192 g/mol. The van der Waals surface area contributed by atoms with E-state index in [0.717, 1.165) is 0 Å². The van der Waals surface area contributed by atoms with Gasteiger partial charge in [-0.15, -0.1) is 0 Å². The molecule has 0 amide bonds. The molecule has 3 N–H and O–H groups in total. The van der Waals surface area contributed by atoms with Gasteiger partial charge in [0.2, 0.25) is 0 Å². The van der Waals surface area contributed by atoms with Crippen molar-refractivity contribution in [3.8, 4) is 0 Å². The lowest BCUT2D eigenvalue weighted by Crippen LogP contribution is -2.29. The molecule has 0 saturated carbocycles. The van der Waals surface area contributed by atoms with Gasteiger partial charge in [0.25, 0.3) is 0 Å². The Morgan fingerprint density at radius 2 is 1.92 bits per heavy atom. The molecule has 74 valence electrons. The van der Waals surface area contributed by atoms with Crippen molar-refractivity contribution in [2.24, 2.45) is 5.73 Å². The highest BCUT2D eigenvalue weighted by molar-refractivity contribution is 5.27. The van der Waals surface area contributed by atoms with Crippen LogP contribution in [0.2, 0.25) is 0 Å². The van der Waals surface area contributed by atoms with Crippen LogP contribution in [0.25, 0.3) is 0 Å². The fourth-order valence-corrected chi connectivity index (χ4v) is 1.24. The topological polar surface area (TPSA) is 41.8 Å². The first kappa shape index (κ1) is 10.1. The maximum absolute atomic E-state index is 12.2. The van der Waals surface area contributed by atoms with Crippen LogP contribution in [-0.4, -0.2) is 11.2 Å². The van der Waals surface area contributed by atoms with E-state index in [0.29, 0.717) is 11.3 Å². The van der Waals surface area contributed by atoms with E-state index in [2.05, 4.69) is 4.98 Å². The quantitative estimate of drug-likeness (QED) is 0.703. The molecule has 0 aliphatic rings. The average molecular weight is 192 g/mol. The smallest absolute Gasteiger partial charge is 0.361 e. The summed E-state index contributed by atoms with van der Waals surface area (Å²) in [5.74, 6) is 0. The van der Waals surface area contributed by atoms with Crippen LogP contribution in [0, 0.1) is 13.8 Å². The Bertz CT molecular complexity index is 301. The van der Waals surface area contributed by atoms with Crippen molar-refractivity contribution in [1.82, 2.24) is 4.98 Å². The number of H-pyrrole nitrogens is 1. The van der Waals surface area contributed by atoms with Crippen LogP contribution < -0.4 is 5.73 Å². The van der Waals surface area contributed by atoms with Crippen LogP contribution in [0.4, 0.5) is 13.2 Å². The van der Waals surface area contributed by atoms with Crippen molar-refractivity contribution in [2.75, 3.05) is 0 Å². The van der Waals surface area contributed by atoms with Crippen molar-refractivity contribution < 1.29 is 13.2 Å². The zero-order valence-electron chi connectivity index (χ0n) is 7.37. The molecule has 0 unspecified atom stereocenters. The number of hydrogen-bond acceptors (Lipinski definition) is 1. The molecular weight excluding hydrogens is 181 g/mol. The summed E-state index contributed by atoms with van der Waals surface area (Å²) in [4.78, 5) is 2.61. The molecule has 0 radical (unpaired) electrons. The van der Waals surface area contributed by atoms with E-state index in [9.17, 15) is 13.2 Å². The molecule has 2 nitrogen and oxygen atoms in total. The number of halogens is 3. The van der Waals surface area contributed by atoms with Gasteiger partial charge in [0.15, 0.2) is 0 Å². The van der Waals surface area contributed by atoms with Gasteiger partial charge >= 0.3 is 6.18 Å². The van der Waals surface area contributed by atoms with E-state index in [1.807, 2.05) is 0 Å². The number of hydrogen-bond donors (Lipinski definition) is 2. The summed E-state index contributed by atoms with van der Waals surface area (Å²) in [6.45, 7) is 3.30. The molecule has 1 heterocycles. The van der Waals surface area contributed by atoms with Gasteiger partial charge in [-0.1, -0.05) is 0 Å². The van der Waals surface area contributed by atoms with Crippen molar-refractivity contribution in [2.45, 2.75) is 26.1 Å². The Balaban J connectivity index is 3.01. The molecule has 0 spiro atoms. The molecule has 1 atom stereocenters. The molecule has 1 aromatic heterocycles. The Morgan fingerprint density at radius 1 is 1.38 bits per heavy atom. The summed E-state index contributed by atoms with van der Waals surface area (Å²) in [5.41, 5.74) is 6.31. The zero-order chi connectivity index (χ0) is 10.2.